The molecule has 114 valence electrons. The Morgan fingerprint density at radius 2 is 2.05 bits per heavy atom. The first-order valence-electron chi connectivity index (χ1n) is 7.64. The summed E-state index contributed by atoms with van der Waals surface area (Å²) in [5, 5.41) is 2.86. The number of fused-ring (bicyclic) bond motifs is 1. The Morgan fingerprint density at radius 3 is 2.77 bits per heavy atom. The van der Waals surface area contributed by atoms with Crippen LogP contribution in [0.25, 0.3) is 0 Å². The van der Waals surface area contributed by atoms with Gasteiger partial charge in [0.05, 0.1) is 17.8 Å². The van der Waals surface area contributed by atoms with E-state index >= 15 is 0 Å². The van der Waals surface area contributed by atoms with Crippen LogP contribution < -0.4 is 5.30 Å². The lowest BCUT2D eigenvalue weighted by atomic mass is 10.0. The fourth-order valence-electron chi connectivity index (χ4n) is 3.89. The minimum atomic E-state index is -2.48. The molecular formula is C17H19N2O2P. The molecule has 0 radical (unpaired) electrons. The summed E-state index contributed by atoms with van der Waals surface area (Å²) in [7, 11) is -0.544. The fraction of sp³-hybridized carbons (Fsp3) is 0.353. The molecule has 4 atom stereocenters. The maximum Gasteiger partial charge on any atom is 0.123 e. The zero-order chi connectivity index (χ0) is 15.2. The number of hydrogen-bond donors (Lipinski definition) is 0. The van der Waals surface area contributed by atoms with Crippen molar-refractivity contribution in [1.29, 1.82) is 0 Å². The molecule has 0 N–H and O–H groups in total. The van der Waals surface area contributed by atoms with Crippen LogP contribution in [0.2, 0.25) is 0 Å². The minimum absolute atomic E-state index is 0.00670. The van der Waals surface area contributed by atoms with E-state index in [-0.39, 0.29) is 17.8 Å². The number of rotatable bonds is 2. The van der Waals surface area contributed by atoms with Gasteiger partial charge in [-0.3, -0.25) is 9.82 Å². The lowest BCUT2D eigenvalue weighted by Gasteiger charge is -2.27. The maximum absolute atomic E-state index is 13.8. The Balaban J connectivity index is 1.80. The van der Waals surface area contributed by atoms with Crippen LogP contribution in [0.1, 0.15) is 18.0 Å². The zero-order valence-electron chi connectivity index (χ0n) is 12.5. The molecule has 0 amide bonds. The van der Waals surface area contributed by atoms with Crippen molar-refractivity contribution >= 4 is 12.4 Å². The van der Waals surface area contributed by atoms with Gasteiger partial charge >= 0.3 is 0 Å². The zero-order valence-corrected chi connectivity index (χ0v) is 13.4. The third-order valence-corrected chi connectivity index (χ3v) is 8.52. The summed E-state index contributed by atoms with van der Waals surface area (Å²) in [6.07, 6.45) is 5.26. The highest BCUT2D eigenvalue weighted by molar-refractivity contribution is 7.72. The van der Waals surface area contributed by atoms with Gasteiger partial charge in [-0.1, -0.05) is 36.4 Å². The second-order valence-electron chi connectivity index (χ2n) is 6.06. The summed E-state index contributed by atoms with van der Waals surface area (Å²) in [5.74, 6) is 0. The predicted octanol–water partition coefficient (Wildman–Crippen LogP) is 2.83. The van der Waals surface area contributed by atoms with E-state index in [0.29, 0.717) is 0 Å². The Labute approximate surface area is 130 Å². The van der Waals surface area contributed by atoms with Crippen molar-refractivity contribution in [3.63, 3.8) is 0 Å². The summed E-state index contributed by atoms with van der Waals surface area (Å²) < 4.78 is 13.8. The van der Waals surface area contributed by atoms with Crippen molar-refractivity contribution in [2.24, 2.45) is 0 Å². The van der Waals surface area contributed by atoms with Crippen LogP contribution in [-0.2, 0) is 9.40 Å². The van der Waals surface area contributed by atoms with Gasteiger partial charge in [0, 0.05) is 30.9 Å². The normalized spacial score (nSPS) is 34.7. The molecule has 5 heteroatoms. The SMILES string of the molecule is CN1O[C@H]2CC[P@](=O)(c3ccccc3)[C@H]2[C@@H]1c1cccnc1. The molecule has 1 aromatic carbocycles. The molecule has 0 bridgehead atoms. The van der Waals surface area contributed by atoms with Gasteiger partial charge in [0.2, 0.25) is 0 Å². The summed E-state index contributed by atoms with van der Waals surface area (Å²) in [4.78, 5) is 10.2. The first kappa shape index (κ1) is 14.1. The highest BCUT2D eigenvalue weighted by Gasteiger charge is 2.56. The molecule has 0 saturated carbocycles. The van der Waals surface area contributed by atoms with Crippen molar-refractivity contribution in [1.82, 2.24) is 10.0 Å². The van der Waals surface area contributed by atoms with Crippen molar-refractivity contribution in [2.45, 2.75) is 24.2 Å². The molecule has 4 rings (SSSR count). The molecule has 2 aromatic rings. The topological polar surface area (TPSA) is 42.4 Å². The highest BCUT2D eigenvalue weighted by Crippen LogP contribution is 2.64. The number of aromatic nitrogens is 1. The van der Waals surface area contributed by atoms with E-state index in [1.54, 1.807) is 6.20 Å². The lowest BCUT2D eigenvalue weighted by molar-refractivity contribution is -0.143. The third kappa shape index (κ3) is 2.06. The quantitative estimate of drug-likeness (QED) is 0.800. The van der Waals surface area contributed by atoms with Gasteiger partial charge in [-0.2, -0.15) is 5.06 Å². The van der Waals surface area contributed by atoms with Crippen LogP contribution in [0.5, 0.6) is 0 Å². The molecular weight excluding hydrogens is 295 g/mol. The third-order valence-electron chi connectivity index (χ3n) is 4.84. The smallest absolute Gasteiger partial charge is 0.123 e. The molecule has 2 aliphatic rings. The van der Waals surface area contributed by atoms with E-state index in [1.807, 2.05) is 60.8 Å². The predicted molar refractivity (Wildman–Crippen MR) is 86.6 cm³/mol. The largest absolute Gasteiger partial charge is 0.318 e. The first-order chi connectivity index (χ1) is 10.7. The van der Waals surface area contributed by atoms with Crippen molar-refractivity contribution < 1.29 is 9.40 Å². The standard InChI is InChI=1S/C17H19N2O2P/c1-19-16(13-6-5-10-18-12-13)17-15(21-19)9-11-22(17,20)14-7-3-2-4-8-14/h2-8,10,12,15-17H,9,11H2,1H3/t15-,16-,17+,22-/m0/s1. The van der Waals surface area contributed by atoms with Crippen LogP contribution in [0, 0.1) is 0 Å². The molecule has 2 saturated heterocycles. The Bertz CT molecular complexity index is 707. The maximum atomic E-state index is 13.8. The lowest BCUT2D eigenvalue weighted by Crippen LogP contribution is -2.27. The van der Waals surface area contributed by atoms with Crippen LogP contribution in [0.3, 0.4) is 0 Å². The molecule has 22 heavy (non-hydrogen) atoms. The number of benzene rings is 1. The Hall–Kier alpha value is -1.48. The summed E-state index contributed by atoms with van der Waals surface area (Å²) in [6, 6.07) is 13.9. The second-order valence-corrected chi connectivity index (χ2v) is 9.21. The number of pyridine rings is 1. The monoisotopic (exact) mass is 314 g/mol. The Morgan fingerprint density at radius 1 is 1.23 bits per heavy atom. The summed E-state index contributed by atoms with van der Waals surface area (Å²) in [5.41, 5.74) is 1.10. The second kappa shape index (κ2) is 5.31. The van der Waals surface area contributed by atoms with Crippen LogP contribution in [0.4, 0.5) is 0 Å². The average molecular weight is 314 g/mol. The van der Waals surface area contributed by atoms with E-state index in [1.165, 1.54) is 0 Å². The molecule has 2 aliphatic heterocycles. The van der Waals surface area contributed by atoms with Gasteiger partial charge < -0.3 is 4.57 Å². The summed E-state index contributed by atoms with van der Waals surface area (Å²) in [6.45, 7) is 0. The first-order valence-corrected chi connectivity index (χ1v) is 9.60. The van der Waals surface area contributed by atoms with Gasteiger partial charge in [-0.05, 0) is 18.1 Å². The van der Waals surface area contributed by atoms with Crippen LogP contribution >= 0.6 is 7.14 Å². The fourth-order valence-corrected chi connectivity index (χ4v) is 7.66. The minimum Gasteiger partial charge on any atom is -0.318 e. The number of nitrogens with zero attached hydrogens (tertiary/aromatic N) is 2. The molecule has 4 nitrogen and oxygen atoms in total. The number of hydroxylamine groups is 2. The van der Waals surface area contributed by atoms with Gasteiger partial charge in [-0.15, -0.1) is 0 Å². The van der Waals surface area contributed by atoms with Gasteiger partial charge in [0.25, 0.3) is 0 Å². The van der Waals surface area contributed by atoms with Crippen LogP contribution in [-0.4, -0.2) is 35.0 Å². The molecule has 2 fully saturated rings. The Kier molecular flexibility index (Phi) is 3.41. The van der Waals surface area contributed by atoms with E-state index in [0.717, 1.165) is 23.5 Å². The van der Waals surface area contributed by atoms with E-state index in [9.17, 15) is 4.57 Å². The average Bonchev–Trinajstić information content (AvgIpc) is 3.06. The van der Waals surface area contributed by atoms with Crippen molar-refractivity contribution in [3.8, 4) is 0 Å². The van der Waals surface area contributed by atoms with Gasteiger partial charge in [0.15, 0.2) is 0 Å². The van der Waals surface area contributed by atoms with E-state index < -0.39 is 7.14 Å². The molecule has 0 aliphatic carbocycles. The van der Waals surface area contributed by atoms with Crippen molar-refractivity contribution in [2.75, 3.05) is 13.2 Å². The number of hydrogen-bond acceptors (Lipinski definition) is 4. The van der Waals surface area contributed by atoms with Crippen molar-refractivity contribution in [3.05, 3.63) is 60.4 Å². The van der Waals surface area contributed by atoms with Crippen LogP contribution in [0.15, 0.2) is 54.9 Å². The highest BCUT2D eigenvalue weighted by atomic mass is 31.2. The van der Waals surface area contributed by atoms with Gasteiger partial charge in [0.1, 0.15) is 7.14 Å². The van der Waals surface area contributed by atoms with Gasteiger partial charge in [-0.25, -0.2) is 0 Å². The van der Waals surface area contributed by atoms with E-state index in [4.69, 9.17) is 4.84 Å². The molecule has 3 heterocycles. The van der Waals surface area contributed by atoms with E-state index in [2.05, 4.69) is 4.98 Å². The summed E-state index contributed by atoms with van der Waals surface area (Å²) >= 11 is 0. The molecule has 0 unspecified atom stereocenters. The molecule has 1 aromatic heterocycles. The molecule has 0 spiro atoms.